The largest absolute Gasteiger partial charge is 0.383 e. The van der Waals surface area contributed by atoms with Crippen LogP contribution in [0.25, 0.3) is 10.2 Å². The first-order valence-electron chi connectivity index (χ1n) is 9.08. The molecule has 0 atom stereocenters. The molecule has 27 heavy (non-hydrogen) atoms. The van der Waals surface area contributed by atoms with Gasteiger partial charge in [-0.2, -0.15) is 0 Å². The second kappa shape index (κ2) is 7.48. The van der Waals surface area contributed by atoms with Gasteiger partial charge in [0.05, 0.1) is 11.1 Å². The van der Waals surface area contributed by atoms with Crippen LogP contribution in [0.5, 0.6) is 0 Å². The van der Waals surface area contributed by atoms with E-state index >= 15 is 0 Å². The Morgan fingerprint density at radius 1 is 1.19 bits per heavy atom. The molecule has 1 aliphatic rings. The molecule has 0 radical (unpaired) electrons. The molecule has 1 aliphatic carbocycles. The van der Waals surface area contributed by atoms with Gasteiger partial charge in [0.1, 0.15) is 10.6 Å². The number of thioether (sulfide) groups is 1. The Balaban J connectivity index is 1.48. The third-order valence-corrected chi connectivity index (χ3v) is 6.69. The van der Waals surface area contributed by atoms with Crippen molar-refractivity contribution in [3.05, 3.63) is 39.8 Å². The minimum atomic E-state index is -0.0715. The number of hydrogen-bond donors (Lipinski definition) is 2. The zero-order valence-corrected chi connectivity index (χ0v) is 17.1. The SMILES string of the molecule is Cc1cc(C)cc(NC(=O)CSc2nc(N)c3c4c(sc3n2)CCCC4)c1. The van der Waals surface area contributed by atoms with E-state index in [1.54, 1.807) is 11.3 Å². The van der Waals surface area contributed by atoms with Gasteiger partial charge in [-0.05, 0) is 68.4 Å². The molecule has 0 aliphatic heterocycles. The van der Waals surface area contributed by atoms with E-state index in [0.717, 1.165) is 39.9 Å². The number of anilines is 2. The lowest BCUT2D eigenvalue weighted by atomic mass is 9.97. The van der Waals surface area contributed by atoms with E-state index in [1.807, 2.05) is 26.0 Å². The van der Waals surface area contributed by atoms with Gasteiger partial charge in [0.2, 0.25) is 5.91 Å². The average Bonchev–Trinajstić information content (AvgIpc) is 2.98. The van der Waals surface area contributed by atoms with Gasteiger partial charge in [-0.15, -0.1) is 11.3 Å². The Labute approximate surface area is 166 Å². The van der Waals surface area contributed by atoms with Crippen molar-refractivity contribution in [1.29, 1.82) is 0 Å². The van der Waals surface area contributed by atoms with Crippen molar-refractivity contribution in [1.82, 2.24) is 9.97 Å². The fourth-order valence-electron chi connectivity index (χ4n) is 3.60. The van der Waals surface area contributed by atoms with Crippen molar-refractivity contribution >= 4 is 50.7 Å². The van der Waals surface area contributed by atoms with Crippen molar-refractivity contribution < 1.29 is 4.79 Å². The number of aromatic nitrogens is 2. The monoisotopic (exact) mass is 398 g/mol. The van der Waals surface area contributed by atoms with E-state index < -0.39 is 0 Å². The van der Waals surface area contributed by atoms with Gasteiger partial charge in [-0.1, -0.05) is 17.8 Å². The Morgan fingerprint density at radius 3 is 2.70 bits per heavy atom. The van der Waals surface area contributed by atoms with Crippen LogP contribution >= 0.6 is 23.1 Å². The summed E-state index contributed by atoms with van der Waals surface area (Å²) in [6.45, 7) is 4.04. The second-order valence-corrected chi connectivity index (χ2v) is 9.02. The van der Waals surface area contributed by atoms with Crippen LogP contribution in [-0.4, -0.2) is 21.6 Å². The molecule has 2 aromatic heterocycles. The summed E-state index contributed by atoms with van der Waals surface area (Å²) in [6, 6.07) is 6.01. The van der Waals surface area contributed by atoms with E-state index in [9.17, 15) is 4.79 Å². The maximum Gasteiger partial charge on any atom is 0.234 e. The number of benzene rings is 1. The molecule has 0 bridgehead atoms. The number of nitrogens with zero attached hydrogens (tertiary/aromatic N) is 2. The molecule has 5 nitrogen and oxygen atoms in total. The molecule has 7 heteroatoms. The highest BCUT2D eigenvalue weighted by molar-refractivity contribution is 7.99. The lowest BCUT2D eigenvalue weighted by Gasteiger charge is -2.10. The number of nitrogens with two attached hydrogens (primary N) is 1. The number of nitrogen functional groups attached to an aromatic ring is 1. The van der Waals surface area contributed by atoms with Crippen LogP contribution in [0.15, 0.2) is 23.4 Å². The van der Waals surface area contributed by atoms with E-state index in [4.69, 9.17) is 5.73 Å². The first-order chi connectivity index (χ1) is 13.0. The fourth-order valence-corrected chi connectivity index (χ4v) is 5.58. The number of nitrogens with one attached hydrogen (secondary N) is 1. The van der Waals surface area contributed by atoms with Gasteiger partial charge in [-0.3, -0.25) is 4.79 Å². The molecule has 3 N–H and O–H groups in total. The average molecular weight is 399 g/mol. The third-order valence-electron chi connectivity index (χ3n) is 4.66. The molecule has 0 spiro atoms. The molecule has 3 aromatic rings. The Hall–Kier alpha value is -2.12. The predicted octanol–water partition coefficient (Wildman–Crippen LogP) is 4.50. The first kappa shape index (κ1) is 18.3. The van der Waals surface area contributed by atoms with Crippen LogP contribution in [0.1, 0.15) is 34.4 Å². The minimum absolute atomic E-state index is 0.0715. The minimum Gasteiger partial charge on any atom is -0.383 e. The zero-order valence-electron chi connectivity index (χ0n) is 15.5. The van der Waals surface area contributed by atoms with E-state index in [2.05, 4.69) is 21.4 Å². The number of thiophene rings is 1. The van der Waals surface area contributed by atoms with E-state index in [1.165, 1.54) is 35.0 Å². The van der Waals surface area contributed by atoms with Gasteiger partial charge >= 0.3 is 0 Å². The van der Waals surface area contributed by atoms with Crippen LogP contribution in [0.3, 0.4) is 0 Å². The van der Waals surface area contributed by atoms with Gasteiger partial charge in [-0.25, -0.2) is 9.97 Å². The summed E-state index contributed by atoms with van der Waals surface area (Å²) in [7, 11) is 0. The van der Waals surface area contributed by atoms with E-state index in [-0.39, 0.29) is 11.7 Å². The van der Waals surface area contributed by atoms with Gasteiger partial charge in [0, 0.05) is 10.6 Å². The number of fused-ring (bicyclic) bond motifs is 3. The van der Waals surface area contributed by atoms with Gasteiger partial charge in [0.25, 0.3) is 0 Å². The number of aryl methyl sites for hydroxylation is 4. The molecule has 0 saturated carbocycles. The van der Waals surface area contributed by atoms with Gasteiger partial charge in [0.15, 0.2) is 5.16 Å². The quantitative estimate of drug-likeness (QED) is 0.499. The Bertz CT molecular complexity index is 1010. The number of carbonyl (C=O) groups excluding carboxylic acids is 1. The molecule has 140 valence electrons. The van der Waals surface area contributed by atoms with Crippen molar-refractivity contribution in [3.8, 4) is 0 Å². The first-order valence-corrected chi connectivity index (χ1v) is 10.9. The maximum atomic E-state index is 12.3. The number of amides is 1. The standard InChI is InChI=1S/C20H22N4OS2/c1-11-7-12(2)9-13(8-11)22-16(25)10-26-20-23-18(21)17-14-5-3-4-6-15(14)27-19(17)24-20/h7-9H,3-6,10H2,1-2H3,(H,22,25)(H2,21,23,24). The smallest absolute Gasteiger partial charge is 0.234 e. The molecular weight excluding hydrogens is 376 g/mol. The summed E-state index contributed by atoms with van der Waals surface area (Å²) in [5.74, 6) is 0.720. The molecule has 4 rings (SSSR count). The van der Waals surface area contributed by atoms with Crippen LogP contribution in [-0.2, 0) is 17.6 Å². The molecule has 0 unspecified atom stereocenters. The van der Waals surface area contributed by atoms with Crippen molar-refractivity contribution in [2.24, 2.45) is 0 Å². The zero-order chi connectivity index (χ0) is 19.0. The number of rotatable bonds is 4. The highest BCUT2D eigenvalue weighted by Crippen LogP contribution is 2.38. The van der Waals surface area contributed by atoms with Gasteiger partial charge < -0.3 is 11.1 Å². The van der Waals surface area contributed by atoms with Crippen LogP contribution in [0.2, 0.25) is 0 Å². The molecule has 1 amide bonds. The highest BCUT2D eigenvalue weighted by atomic mass is 32.2. The maximum absolute atomic E-state index is 12.3. The summed E-state index contributed by atoms with van der Waals surface area (Å²) < 4.78 is 0. The number of hydrogen-bond acceptors (Lipinski definition) is 6. The summed E-state index contributed by atoms with van der Waals surface area (Å²) in [5, 5.41) is 4.53. The number of carbonyl (C=O) groups is 1. The predicted molar refractivity (Wildman–Crippen MR) is 114 cm³/mol. The summed E-state index contributed by atoms with van der Waals surface area (Å²) in [5.41, 5.74) is 10.6. The fraction of sp³-hybridized carbons (Fsp3) is 0.350. The van der Waals surface area contributed by atoms with Crippen LogP contribution in [0.4, 0.5) is 11.5 Å². The Kier molecular flexibility index (Phi) is 5.06. The summed E-state index contributed by atoms with van der Waals surface area (Å²) in [4.78, 5) is 23.7. The second-order valence-electron chi connectivity index (χ2n) is 7.00. The molecular formula is C20H22N4OS2. The Morgan fingerprint density at radius 2 is 1.93 bits per heavy atom. The normalized spacial score (nSPS) is 13.6. The summed E-state index contributed by atoms with van der Waals surface area (Å²) in [6.07, 6.45) is 4.60. The van der Waals surface area contributed by atoms with Crippen molar-refractivity contribution in [2.45, 2.75) is 44.7 Å². The molecule has 0 saturated heterocycles. The molecule has 2 heterocycles. The van der Waals surface area contributed by atoms with Crippen molar-refractivity contribution in [2.75, 3.05) is 16.8 Å². The van der Waals surface area contributed by atoms with Crippen LogP contribution < -0.4 is 11.1 Å². The lowest BCUT2D eigenvalue weighted by Crippen LogP contribution is -2.14. The third kappa shape index (κ3) is 3.94. The molecule has 1 aromatic carbocycles. The van der Waals surface area contributed by atoms with E-state index in [0.29, 0.717) is 11.0 Å². The van der Waals surface area contributed by atoms with Crippen LogP contribution in [0, 0.1) is 13.8 Å². The topological polar surface area (TPSA) is 80.9 Å². The van der Waals surface area contributed by atoms with Crippen molar-refractivity contribution in [3.63, 3.8) is 0 Å². The summed E-state index contributed by atoms with van der Waals surface area (Å²) >= 11 is 3.05. The molecule has 0 fully saturated rings. The lowest BCUT2D eigenvalue weighted by molar-refractivity contribution is -0.113. The highest BCUT2D eigenvalue weighted by Gasteiger charge is 2.20.